The first-order chi connectivity index (χ1) is 9.22. The van der Waals surface area contributed by atoms with Crippen LogP contribution in [-0.2, 0) is 11.3 Å². The number of hydrogen-bond donors (Lipinski definition) is 1. The molecule has 3 nitrogen and oxygen atoms in total. The van der Waals surface area contributed by atoms with Crippen LogP contribution in [0, 0.1) is 5.82 Å². The number of ether oxygens (including phenoxy) is 2. The van der Waals surface area contributed by atoms with Crippen molar-refractivity contribution < 1.29 is 13.9 Å². The predicted molar refractivity (Wildman–Crippen MR) is 75.0 cm³/mol. The Morgan fingerprint density at radius 3 is 2.63 bits per heavy atom. The Morgan fingerprint density at radius 1 is 1.26 bits per heavy atom. The van der Waals surface area contributed by atoms with Crippen LogP contribution in [0.4, 0.5) is 4.39 Å². The van der Waals surface area contributed by atoms with E-state index in [9.17, 15) is 4.39 Å². The van der Waals surface area contributed by atoms with Crippen LogP contribution in [0.2, 0.25) is 0 Å². The highest BCUT2D eigenvalue weighted by atomic mass is 19.1. The van der Waals surface area contributed by atoms with Crippen LogP contribution in [-0.4, -0.2) is 26.4 Å². The van der Waals surface area contributed by atoms with E-state index in [0.29, 0.717) is 18.9 Å². The van der Waals surface area contributed by atoms with Gasteiger partial charge in [-0.05, 0) is 18.9 Å². The van der Waals surface area contributed by atoms with E-state index in [1.54, 1.807) is 13.2 Å². The number of benzene rings is 1. The number of rotatable bonds is 9. The molecule has 0 aliphatic rings. The lowest BCUT2D eigenvalue weighted by Crippen LogP contribution is -2.21. The molecule has 0 unspecified atom stereocenters. The number of methoxy groups -OCH3 is 1. The minimum absolute atomic E-state index is 0.0645. The summed E-state index contributed by atoms with van der Waals surface area (Å²) in [6.07, 6.45) is 1.82. The molecule has 0 saturated carbocycles. The molecule has 1 aromatic rings. The summed E-state index contributed by atoms with van der Waals surface area (Å²) >= 11 is 0. The van der Waals surface area contributed by atoms with Crippen LogP contribution < -0.4 is 10.1 Å². The molecule has 0 aliphatic heterocycles. The SMILES string of the molecule is CCC(CC)Oc1c(F)cccc1CNCCOC. The largest absolute Gasteiger partial charge is 0.487 e. The quantitative estimate of drug-likeness (QED) is 0.699. The molecular formula is C15H24FNO2. The third kappa shape index (κ3) is 5.17. The fraction of sp³-hybridized carbons (Fsp3) is 0.600. The van der Waals surface area contributed by atoms with E-state index >= 15 is 0 Å². The molecule has 0 atom stereocenters. The third-order valence-electron chi connectivity index (χ3n) is 3.04. The molecule has 0 aliphatic carbocycles. The summed E-state index contributed by atoms with van der Waals surface area (Å²) in [7, 11) is 1.66. The first-order valence-electron chi connectivity index (χ1n) is 6.86. The van der Waals surface area contributed by atoms with Crippen molar-refractivity contribution in [1.82, 2.24) is 5.32 Å². The Balaban J connectivity index is 2.71. The van der Waals surface area contributed by atoms with Gasteiger partial charge in [0, 0.05) is 25.8 Å². The van der Waals surface area contributed by atoms with Crippen LogP contribution in [0.15, 0.2) is 18.2 Å². The molecule has 108 valence electrons. The first-order valence-corrected chi connectivity index (χ1v) is 6.86. The molecule has 0 amide bonds. The van der Waals surface area contributed by atoms with E-state index in [2.05, 4.69) is 5.32 Å². The zero-order valence-corrected chi connectivity index (χ0v) is 12.0. The molecular weight excluding hydrogens is 245 g/mol. The zero-order valence-electron chi connectivity index (χ0n) is 12.0. The summed E-state index contributed by atoms with van der Waals surface area (Å²) < 4.78 is 24.6. The molecule has 0 spiro atoms. The number of halogens is 1. The highest BCUT2D eigenvalue weighted by Gasteiger charge is 2.13. The normalized spacial score (nSPS) is 11.0. The summed E-state index contributed by atoms with van der Waals surface area (Å²) in [5, 5.41) is 3.21. The Bertz CT molecular complexity index is 367. The Labute approximate surface area is 115 Å². The Morgan fingerprint density at radius 2 is 2.00 bits per heavy atom. The van der Waals surface area contributed by atoms with E-state index in [1.165, 1.54) is 6.07 Å². The lowest BCUT2D eigenvalue weighted by molar-refractivity contribution is 0.181. The van der Waals surface area contributed by atoms with Gasteiger partial charge in [0.05, 0.1) is 12.7 Å². The van der Waals surface area contributed by atoms with Gasteiger partial charge in [-0.25, -0.2) is 4.39 Å². The van der Waals surface area contributed by atoms with Crippen LogP contribution in [0.1, 0.15) is 32.3 Å². The molecule has 19 heavy (non-hydrogen) atoms. The van der Waals surface area contributed by atoms with Gasteiger partial charge >= 0.3 is 0 Å². The van der Waals surface area contributed by atoms with Gasteiger partial charge in [-0.2, -0.15) is 0 Å². The van der Waals surface area contributed by atoms with Crippen molar-refractivity contribution in [2.45, 2.75) is 39.3 Å². The fourth-order valence-corrected chi connectivity index (χ4v) is 1.84. The van der Waals surface area contributed by atoms with Gasteiger partial charge in [-0.1, -0.05) is 26.0 Å². The van der Waals surface area contributed by atoms with E-state index in [1.807, 2.05) is 19.9 Å². The van der Waals surface area contributed by atoms with Gasteiger partial charge in [0.25, 0.3) is 0 Å². The van der Waals surface area contributed by atoms with E-state index in [0.717, 1.165) is 24.9 Å². The van der Waals surface area contributed by atoms with E-state index in [4.69, 9.17) is 9.47 Å². The second-order valence-electron chi connectivity index (χ2n) is 4.45. The predicted octanol–water partition coefficient (Wildman–Crippen LogP) is 3.13. The second-order valence-corrected chi connectivity index (χ2v) is 4.45. The Hall–Kier alpha value is -1.13. The molecule has 1 aromatic carbocycles. The lowest BCUT2D eigenvalue weighted by atomic mass is 10.1. The molecule has 0 heterocycles. The third-order valence-corrected chi connectivity index (χ3v) is 3.04. The van der Waals surface area contributed by atoms with Crippen molar-refractivity contribution in [3.8, 4) is 5.75 Å². The van der Waals surface area contributed by atoms with Gasteiger partial charge in [-0.15, -0.1) is 0 Å². The highest BCUT2D eigenvalue weighted by Crippen LogP contribution is 2.25. The van der Waals surface area contributed by atoms with Crippen molar-refractivity contribution in [2.75, 3.05) is 20.3 Å². The summed E-state index contributed by atoms with van der Waals surface area (Å²) in [5.74, 6) is 0.0825. The second kappa shape index (κ2) is 8.88. The molecule has 4 heteroatoms. The van der Waals surface area contributed by atoms with Gasteiger partial charge < -0.3 is 14.8 Å². The van der Waals surface area contributed by atoms with Crippen LogP contribution in [0.3, 0.4) is 0 Å². The smallest absolute Gasteiger partial charge is 0.165 e. The van der Waals surface area contributed by atoms with Crippen LogP contribution in [0.25, 0.3) is 0 Å². The van der Waals surface area contributed by atoms with Crippen molar-refractivity contribution in [3.05, 3.63) is 29.6 Å². The van der Waals surface area contributed by atoms with Gasteiger partial charge in [0.15, 0.2) is 11.6 Å². The minimum atomic E-state index is -0.294. The topological polar surface area (TPSA) is 30.5 Å². The molecule has 1 rings (SSSR count). The zero-order chi connectivity index (χ0) is 14.1. The van der Waals surface area contributed by atoms with Crippen LogP contribution >= 0.6 is 0 Å². The molecule has 0 fully saturated rings. The van der Waals surface area contributed by atoms with Crippen molar-refractivity contribution in [1.29, 1.82) is 0 Å². The number of hydrogen-bond acceptors (Lipinski definition) is 3. The van der Waals surface area contributed by atoms with Crippen molar-refractivity contribution >= 4 is 0 Å². The minimum Gasteiger partial charge on any atom is -0.487 e. The maximum absolute atomic E-state index is 13.9. The standard InChI is InChI=1S/C15H24FNO2/c1-4-13(5-2)19-15-12(7-6-8-14(15)16)11-17-9-10-18-3/h6-8,13,17H,4-5,9-11H2,1-3H3. The Kier molecular flexibility index (Phi) is 7.45. The van der Waals surface area contributed by atoms with Crippen molar-refractivity contribution in [2.24, 2.45) is 0 Å². The molecule has 1 N–H and O–H groups in total. The summed E-state index contributed by atoms with van der Waals surface area (Å²) in [6.45, 7) is 6.04. The maximum atomic E-state index is 13.9. The van der Waals surface area contributed by atoms with Crippen LogP contribution in [0.5, 0.6) is 5.75 Å². The fourth-order valence-electron chi connectivity index (χ4n) is 1.84. The molecule has 0 aromatic heterocycles. The average Bonchev–Trinajstić information content (AvgIpc) is 2.43. The number of para-hydroxylation sites is 1. The summed E-state index contributed by atoms with van der Waals surface area (Å²) in [5.41, 5.74) is 0.850. The molecule has 0 saturated heterocycles. The number of nitrogens with one attached hydrogen (secondary N) is 1. The molecule has 0 bridgehead atoms. The van der Waals surface area contributed by atoms with Gasteiger partial charge in [0.1, 0.15) is 0 Å². The van der Waals surface area contributed by atoms with E-state index in [-0.39, 0.29) is 11.9 Å². The summed E-state index contributed by atoms with van der Waals surface area (Å²) in [4.78, 5) is 0. The molecule has 0 radical (unpaired) electrons. The highest BCUT2D eigenvalue weighted by molar-refractivity contribution is 5.35. The van der Waals surface area contributed by atoms with Gasteiger partial charge in [-0.3, -0.25) is 0 Å². The van der Waals surface area contributed by atoms with Gasteiger partial charge in [0.2, 0.25) is 0 Å². The maximum Gasteiger partial charge on any atom is 0.165 e. The van der Waals surface area contributed by atoms with Crippen molar-refractivity contribution in [3.63, 3.8) is 0 Å². The first kappa shape index (κ1) is 15.9. The average molecular weight is 269 g/mol. The lowest BCUT2D eigenvalue weighted by Gasteiger charge is -2.19. The summed E-state index contributed by atoms with van der Waals surface area (Å²) in [6, 6.07) is 5.04. The monoisotopic (exact) mass is 269 g/mol. The van der Waals surface area contributed by atoms with E-state index < -0.39 is 0 Å².